The molecule has 3 aliphatic carbocycles. The van der Waals surface area contributed by atoms with Gasteiger partial charge in [-0.2, -0.15) is 0 Å². The zero-order chi connectivity index (χ0) is 14.1. The minimum Gasteiger partial charge on any atom is -0.459 e. The first kappa shape index (κ1) is 13.5. The summed E-state index contributed by atoms with van der Waals surface area (Å²) in [6.45, 7) is 11.0. The van der Waals surface area contributed by atoms with Crippen LogP contribution in [0.5, 0.6) is 0 Å². The molecule has 2 heteroatoms. The molecule has 0 radical (unpaired) electrons. The first-order valence-electron chi connectivity index (χ1n) is 7.92. The number of fused-ring (bicyclic) bond motifs is 1. The predicted octanol–water partition coefficient (Wildman–Crippen LogP) is 4.18. The summed E-state index contributed by atoms with van der Waals surface area (Å²) in [5.41, 5.74) is 0.629. The van der Waals surface area contributed by atoms with Crippen LogP contribution >= 0.6 is 0 Å². The van der Waals surface area contributed by atoms with E-state index in [4.69, 9.17) is 4.74 Å². The van der Waals surface area contributed by atoms with Crippen molar-refractivity contribution in [3.63, 3.8) is 0 Å². The summed E-state index contributed by atoms with van der Waals surface area (Å²) in [4.78, 5) is 11.5. The highest BCUT2D eigenvalue weighted by atomic mass is 16.6. The second-order valence-corrected chi connectivity index (χ2v) is 8.25. The average Bonchev–Trinajstić information content (AvgIpc) is 2.69. The normalized spacial score (nSPS) is 50.9. The fourth-order valence-electron chi connectivity index (χ4n) is 6.31. The van der Waals surface area contributed by atoms with E-state index in [1.165, 1.54) is 25.7 Å². The van der Waals surface area contributed by atoms with E-state index >= 15 is 0 Å². The van der Waals surface area contributed by atoms with Crippen molar-refractivity contribution in [3.05, 3.63) is 0 Å². The third-order valence-electron chi connectivity index (χ3n) is 7.15. The van der Waals surface area contributed by atoms with Crippen molar-refractivity contribution in [2.45, 2.75) is 72.3 Å². The van der Waals surface area contributed by atoms with Crippen molar-refractivity contribution in [2.75, 3.05) is 0 Å². The first-order valence-corrected chi connectivity index (χ1v) is 7.92. The molecule has 0 aromatic rings. The summed E-state index contributed by atoms with van der Waals surface area (Å²) in [5.74, 6) is 2.10. The van der Waals surface area contributed by atoms with Crippen molar-refractivity contribution in [1.29, 1.82) is 0 Å². The molecule has 3 saturated carbocycles. The van der Waals surface area contributed by atoms with E-state index in [1.54, 1.807) is 6.92 Å². The number of hydrogen-bond acceptors (Lipinski definition) is 2. The second kappa shape index (κ2) is 3.77. The number of ether oxygens (including phenoxy) is 1. The van der Waals surface area contributed by atoms with Gasteiger partial charge in [-0.1, -0.05) is 20.8 Å². The van der Waals surface area contributed by atoms with Crippen LogP contribution in [0, 0.1) is 28.6 Å². The van der Waals surface area contributed by atoms with Gasteiger partial charge in [0.05, 0.1) is 0 Å². The molecular weight excluding hydrogens is 236 g/mol. The third kappa shape index (κ3) is 1.58. The summed E-state index contributed by atoms with van der Waals surface area (Å²) in [6, 6.07) is 0. The van der Waals surface area contributed by atoms with E-state index in [0.717, 1.165) is 18.3 Å². The molecule has 3 rings (SSSR count). The quantitative estimate of drug-likeness (QED) is 0.664. The highest BCUT2D eigenvalue weighted by Gasteiger charge is 2.68. The lowest BCUT2D eigenvalue weighted by Crippen LogP contribution is -2.47. The standard InChI is InChI=1S/C17H28O2/c1-11-6-7-13-15(3,4)14-10-17(11,13)9-8-16(14,5)19-12(2)18/h11,13-14H,6-10H2,1-5H3/t11-,13+,14+,16-,17+/m1/s1. The fraction of sp³-hybridized carbons (Fsp3) is 0.941. The van der Waals surface area contributed by atoms with Gasteiger partial charge in [0.2, 0.25) is 0 Å². The van der Waals surface area contributed by atoms with E-state index in [-0.39, 0.29) is 11.6 Å². The Morgan fingerprint density at radius 2 is 1.79 bits per heavy atom. The SMILES string of the molecule is CC(=O)O[C@]1(C)CC[C@@]23C[C@H]1C(C)(C)[C@@H]2CC[C@H]3C. The summed E-state index contributed by atoms with van der Waals surface area (Å²) < 4.78 is 5.80. The zero-order valence-electron chi connectivity index (χ0n) is 13.1. The molecule has 5 atom stereocenters. The lowest BCUT2D eigenvalue weighted by molar-refractivity contribution is -0.171. The maximum atomic E-state index is 11.5. The molecule has 2 nitrogen and oxygen atoms in total. The number of esters is 1. The van der Waals surface area contributed by atoms with Crippen LogP contribution in [0.1, 0.15) is 66.7 Å². The van der Waals surface area contributed by atoms with Crippen LogP contribution in [0.2, 0.25) is 0 Å². The van der Waals surface area contributed by atoms with Gasteiger partial charge in [0.15, 0.2) is 0 Å². The lowest BCUT2D eigenvalue weighted by Gasteiger charge is -2.46. The molecule has 0 aromatic heterocycles. The maximum absolute atomic E-state index is 11.5. The molecule has 0 unspecified atom stereocenters. The summed E-state index contributed by atoms with van der Waals surface area (Å²) in [6.07, 6.45) is 6.35. The first-order chi connectivity index (χ1) is 8.72. The van der Waals surface area contributed by atoms with Crippen molar-refractivity contribution in [2.24, 2.45) is 28.6 Å². The molecule has 3 aliphatic rings. The summed E-state index contributed by atoms with van der Waals surface area (Å²) >= 11 is 0. The van der Waals surface area contributed by atoms with E-state index in [0.29, 0.717) is 16.7 Å². The van der Waals surface area contributed by atoms with Gasteiger partial charge in [-0.25, -0.2) is 0 Å². The van der Waals surface area contributed by atoms with E-state index in [1.807, 2.05) is 0 Å². The van der Waals surface area contributed by atoms with E-state index in [9.17, 15) is 4.79 Å². The van der Waals surface area contributed by atoms with Crippen molar-refractivity contribution in [1.82, 2.24) is 0 Å². The van der Waals surface area contributed by atoms with Gasteiger partial charge < -0.3 is 4.74 Å². The minimum atomic E-state index is -0.232. The van der Waals surface area contributed by atoms with Crippen LogP contribution in [-0.4, -0.2) is 11.6 Å². The molecule has 0 heterocycles. The van der Waals surface area contributed by atoms with Gasteiger partial charge in [-0.05, 0) is 61.7 Å². The summed E-state index contributed by atoms with van der Waals surface area (Å²) in [7, 11) is 0. The van der Waals surface area contributed by atoms with Crippen molar-refractivity contribution in [3.8, 4) is 0 Å². The average molecular weight is 264 g/mol. The van der Waals surface area contributed by atoms with Crippen molar-refractivity contribution >= 4 is 5.97 Å². The molecule has 0 aromatic carbocycles. The second-order valence-electron chi connectivity index (χ2n) is 8.25. The molecule has 108 valence electrons. The number of hydrogen-bond donors (Lipinski definition) is 0. The molecule has 0 aliphatic heterocycles. The molecule has 3 fully saturated rings. The molecule has 1 spiro atoms. The Labute approximate surface area is 117 Å². The largest absolute Gasteiger partial charge is 0.459 e. The smallest absolute Gasteiger partial charge is 0.303 e. The van der Waals surface area contributed by atoms with Crippen LogP contribution in [-0.2, 0) is 9.53 Å². The molecule has 2 bridgehead atoms. The van der Waals surface area contributed by atoms with E-state index in [2.05, 4.69) is 27.7 Å². The maximum Gasteiger partial charge on any atom is 0.303 e. The zero-order valence-corrected chi connectivity index (χ0v) is 13.1. The number of rotatable bonds is 1. The highest BCUT2D eigenvalue weighted by molar-refractivity contribution is 5.66. The topological polar surface area (TPSA) is 26.3 Å². The van der Waals surface area contributed by atoms with Gasteiger partial charge in [-0.15, -0.1) is 0 Å². The number of carbonyl (C=O) groups excluding carboxylic acids is 1. The number of carbonyl (C=O) groups is 1. The Bertz CT molecular complexity index is 413. The Hall–Kier alpha value is -0.530. The van der Waals surface area contributed by atoms with Gasteiger partial charge in [0, 0.05) is 12.8 Å². The van der Waals surface area contributed by atoms with Crippen LogP contribution in [0.25, 0.3) is 0 Å². The highest BCUT2D eigenvalue weighted by Crippen LogP contribution is 2.73. The van der Waals surface area contributed by atoms with Gasteiger partial charge in [0.1, 0.15) is 5.60 Å². The fourth-order valence-corrected chi connectivity index (χ4v) is 6.31. The van der Waals surface area contributed by atoms with Crippen LogP contribution in [0.15, 0.2) is 0 Å². The van der Waals surface area contributed by atoms with E-state index < -0.39 is 0 Å². The molecule has 0 N–H and O–H groups in total. The lowest BCUT2D eigenvalue weighted by atomic mass is 9.64. The molecular formula is C17H28O2. The third-order valence-corrected chi connectivity index (χ3v) is 7.15. The Kier molecular flexibility index (Phi) is 2.67. The Morgan fingerprint density at radius 1 is 1.11 bits per heavy atom. The Morgan fingerprint density at radius 3 is 2.42 bits per heavy atom. The van der Waals surface area contributed by atoms with Gasteiger partial charge >= 0.3 is 5.97 Å². The summed E-state index contributed by atoms with van der Waals surface area (Å²) in [5, 5.41) is 0. The van der Waals surface area contributed by atoms with Crippen LogP contribution in [0.3, 0.4) is 0 Å². The molecule has 0 saturated heterocycles. The predicted molar refractivity (Wildman–Crippen MR) is 75.6 cm³/mol. The van der Waals surface area contributed by atoms with Gasteiger partial charge in [0.25, 0.3) is 0 Å². The minimum absolute atomic E-state index is 0.112. The van der Waals surface area contributed by atoms with Crippen molar-refractivity contribution < 1.29 is 9.53 Å². The van der Waals surface area contributed by atoms with Crippen LogP contribution in [0.4, 0.5) is 0 Å². The Balaban J connectivity index is 1.99. The van der Waals surface area contributed by atoms with Crippen LogP contribution < -0.4 is 0 Å². The van der Waals surface area contributed by atoms with Gasteiger partial charge in [-0.3, -0.25) is 4.79 Å². The molecule has 0 amide bonds. The molecule has 19 heavy (non-hydrogen) atoms. The monoisotopic (exact) mass is 264 g/mol.